The maximum Gasteiger partial charge on any atom is 0.244 e. The van der Waals surface area contributed by atoms with Crippen LogP contribution in [0.15, 0.2) is 42.5 Å². The summed E-state index contributed by atoms with van der Waals surface area (Å²) in [6.07, 6.45) is 3.00. The van der Waals surface area contributed by atoms with Crippen LogP contribution >= 0.6 is 0 Å². The Kier molecular flexibility index (Phi) is 7.49. The van der Waals surface area contributed by atoms with Crippen LogP contribution in [0, 0.1) is 5.82 Å². The maximum absolute atomic E-state index is 13.4. The minimum atomic E-state index is -0.439. The van der Waals surface area contributed by atoms with Gasteiger partial charge in [0.25, 0.3) is 0 Å². The molecule has 0 bridgehead atoms. The molecule has 0 unspecified atom stereocenters. The molecular weight excluding hydrogens is 353 g/mol. The number of amides is 1. The van der Waals surface area contributed by atoms with Crippen molar-refractivity contribution in [3.05, 3.63) is 53.9 Å². The van der Waals surface area contributed by atoms with Crippen molar-refractivity contribution in [1.29, 1.82) is 0 Å². The van der Waals surface area contributed by atoms with E-state index in [4.69, 9.17) is 18.9 Å². The van der Waals surface area contributed by atoms with Gasteiger partial charge in [0, 0.05) is 6.08 Å². The average molecular weight is 375 g/mol. The summed E-state index contributed by atoms with van der Waals surface area (Å²) in [6, 6.07) is 9.56. The first-order valence-corrected chi connectivity index (χ1v) is 8.22. The van der Waals surface area contributed by atoms with Gasteiger partial charge < -0.3 is 24.3 Å². The molecule has 144 valence electrons. The van der Waals surface area contributed by atoms with Crippen molar-refractivity contribution in [3.63, 3.8) is 0 Å². The number of methoxy groups -OCH3 is 3. The van der Waals surface area contributed by atoms with Gasteiger partial charge in [-0.15, -0.1) is 0 Å². The molecule has 2 rings (SSSR count). The summed E-state index contributed by atoms with van der Waals surface area (Å²) in [5.74, 6) is 0.879. The highest BCUT2D eigenvalue weighted by Gasteiger charge is 2.12. The summed E-state index contributed by atoms with van der Waals surface area (Å²) in [4.78, 5) is 11.9. The topological polar surface area (TPSA) is 66.0 Å². The van der Waals surface area contributed by atoms with Crippen LogP contribution in [-0.2, 0) is 4.79 Å². The Morgan fingerprint density at radius 3 is 2.30 bits per heavy atom. The number of rotatable bonds is 9. The second kappa shape index (κ2) is 10.1. The second-order valence-corrected chi connectivity index (χ2v) is 5.36. The Morgan fingerprint density at radius 1 is 1.04 bits per heavy atom. The molecule has 0 aromatic heterocycles. The smallest absolute Gasteiger partial charge is 0.244 e. The molecule has 2 aromatic carbocycles. The summed E-state index contributed by atoms with van der Waals surface area (Å²) in [5, 5.41) is 2.66. The first-order valence-electron chi connectivity index (χ1n) is 8.22. The van der Waals surface area contributed by atoms with Crippen LogP contribution in [-0.4, -0.2) is 40.4 Å². The van der Waals surface area contributed by atoms with Gasteiger partial charge in [0.2, 0.25) is 11.7 Å². The molecule has 0 fully saturated rings. The van der Waals surface area contributed by atoms with E-state index in [1.165, 1.54) is 39.5 Å². The molecule has 0 radical (unpaired) electrons. The minimum absolute atomic E-state index is 0.153. The number of benzene rings is 2. The monoisotopic (exact) mass is 375 g/mol. The van der Waals surface area contributed by atoms with Gasteiger partial charge in [-0.3, -0.25) is 4.79 Å². The molecule has 0 saturated carbocycles. The van der Waals surface area contributed by atoms with E-state index < -0.39 is 5.82 Å². The molecule has 27 heavy (non-hydrogen) atoms. The molecule has 6 nitrogen and oxygen atoms in total. The molecule has 0 atom stereocenters. The lowest BCUT2D eigenvalue weighted by molar-refractivity contribution is -0.116. The van der Waals surface area contributed by atoms with Crippen molar-refractivity contribution in [1.82, 2.24) is 5.32 Å². The van der Waals surface area contributed by atoms with Crippen LogP contribution in [0.4, 0.5) is 4.39 Å². The molecule has 2 aromatic rings. The third kappa shape index (κ3) is 5.64. The summed E-state index contributed by atoms with van der Waals surface area (Å²) in [5.41, 5.74) is 0.710. The fourth-order valence-electron chi connectivity index (χ4n) is 2.33. The maximum atomic E-state index is 13.4. The Morgan fingerprint density at radius 2 is 1.70 bits per heavy atom. The van der Waals surface area contributed by atoms with Gasteiger partial charge in [-0.25, -0.2) is 4.39 Å². The Bertz CT molecular complexity index is 782. The first kappa shape index (κ1) is 20.1. The van der Waals surface area contributed by atoms with Gasteiger partial charge in [0.1, 0.15) is 6.61 Å². The average Bonchev–Trinajstić information content (AvgIpc) is 2.69. The van der Waals surface area contributed by atoms with Crippen LogP contribution in [0.2, 0.25) is 0 Å². The largest absolute Gasteiger partial charge is 0.493 e. The lowest BCUT2D eigenvalue weighted by Gasteiger charge is -2.12. The zero-order valence-electron chi connectivity index (χ0n) is 15.5. The van der Waals surface area contributed by atoms with E-state index in [1.54, 1.807) is 30.3 Å². The van der Waals surface area contributed by atoms with Crippen molar-refractivity contribution < 1.29 is 28.1 Å². The molecule has 1 amide bonds. The summed E-state index contributed by atoms with van der Waals surface area (Å²) >= 11 is 0. The third-order valence-electron chi connectivity index (χ3n) is 3.61. The van der Waals surface area contributed by atoms with Crippen molar-refractivity contribution in [2.75, 3.05) is 34.5 Å². The first-order chi connectivity index (χ1) is 13.1. The molecule has 7 heteroatoms. The lowest BCUT2D eigenvalue weighted by Crippen LogP contribution is -2.26. The highest BCUT2D eigenvalue weighted by molar-refractivity contribution is 5.91. The van der Waals surface area contributed by atoms with E-state index in [2.05, 4.69) is 5.32 Å². The predicted molar refractivity (Wildman–Crippen MR) is 100 cm³/mol. The van der Waals surface area contributed by atoms with E-state index in [9.17, 15) is 9.18 Å². The van der Waals surface area contributed by atoms with E-state index in [0.29, 0.717) is 22.8 Å². The van der Waals surface area contributed by atoms with Crippen LogP contribution in [0.5, 0.6) is 23.0 Å². The molecule has 1 N–H and O–H groups in total. The Hall–Kier alpha value is -3.22. The fraction of sp³-hybridized carbons (Fsp3) is 0.250. The predicted octanol–water partition coefficient (Wildman–Crippen LogP) is 3.06. The van der Waals surface area contributed by atoms with Crippen molar-refractivity contribution >= 4 is 12.0 Å². The molecule has 0 aliphatic carbocycles. The van der Waals surface area contributed by atoms with Crippen LogP contribution in [0.25, 0.3) is 6.08 Å². The second-order valence-electron chi connectivity index (χ2n) is 5.36. The highest BCUT2D eigenvalue weighted by atomic mass is 19.1. The number of ether oxygens (including phenoxy) is 4. The molecule has 0 spiro atoms. The number of carbonyl (C=O) groups excluding carboxylic acids is 1. The van der Waals surface area contributed by atoms with E-state index in [0.717, 1.165) is 0 Å². The van der Waals surface area contributed by atoms with Gasteiger partial charge >= 0.3 is 0 Å². The third-order valence-corrected chi connectivity index (χ3v) is 3.61. The summed E-state index contributed by atoms with van der Waals surface area (Å²) in [7, 11) is 4.56. The molecule has 0 heterocycles. The molecular formula is C20H22FNO5. The summed E-state index contributed by atoms with van der Waals surface area (Å²) < 4.78 is 34.5. The molecule has 0 saturated heterocycles. The summed E-state index contributed by atoms with van der Waals surface area (Å²) in [6.45, 7) is 0.400. The number of hydrogen-bond donors (Lipinski definition) is 1. The van der Waals surface area contributed by atoms with E-state index in [1.807, 2.05) is 0 Å². The van der Waals surface area contributed by atoms with Gasteiger partial charge in [-0.1, -0.05) is 12.1 Å². The number of hydrogen-bond acceptors (Lipinski definition) is 5. The Labute approximate surface area is 157 Å². The molecule has 0 aliphatic rings. The number of halogens is 1. The normalized spacial score (nSPS) is 10.5. The van der Waals surface area contributed by atoms with Crippen molar-refractivity contribution in [3.8, 4) is 23.0 Å². The fourth-order valence-corrected chi connectivity index (χ4v) is 2.33. The van der Waals surface area contributed by atoms with E-state index >= 15 is 0 Å². The number of para-hydroxylation sites is 1. The SMILES string of the molecule is COc1cc(/C=C/C(=O)NCCOc2ccccc2F)cc(OC)c1OC. The standard InChI is InChI=1S/C20H22FNO5/c1-24-17-12-14(13-18(25-2)20(17)26-3)8-9-19(23)22-10-11-27-16-7-5-4-6-15(16)21/h4-9,12-13H,10-11H2,1-3H3,(H,22,23)/b9-8+. The van der Waals surface area contributed by atoms with Crippen molar-refractivity contribution in [2.45, 2.75) is 0 Å². The van der Waals surface area contributed by atoms with E-state index in [-0.39, 0.29) is 24.8 Å². The highest BCUT2D eigenvalue weighted by Crippen LogP contribution is 2.38. The van der Waals surface area contributed by atoms with Crippen LogP contribution in [0.3, 0.4) is 0 Å². The number of carbonyl (C=O) groups is 1. The zero-order valence-corrected chi connectivity index (χ0v) is 15.5. The van der Waals surface area contributed by atoms with Gasteiger partial charge in [0.05, 0.1) is 27.9 Å². The Balaban J connectivity index is 1.90. The zero-order chi connectivity index (χ0) is 19.6. The van der Waals surface area contributed by atoms with Gasteiger partial charge in [-0.05, 0) is 35.9 Å². The minimum Gasteiger partial charge on any atom is -0.493 e. The quantitative estimate of drug-likeness (QED) is 0.539. The van der Waals surface area contributed by atoms with Crippen LogP contribution in [0.1, 0.15) is 5.56 Å². The number of nitrogens with one attached hydrogen (secondary N) is 1. The lowest BCUT2D eigenvalue weighted by atomic mass is 10.1. The van der Waals surface area contributed by atoms with Crippen LogP contribution < -0.4 is 24.3 Å². The van der Waals surface area contributed by atoms with Gasteiger partial charge in [0.15, 0.2) is 23.1 Å². The van der Waals surface area contributed by atoms with Crippen molar-refractivity contribution in [2.24, 2.45) is 0 Å². The van der Waals surface area contributed by atoms with Gasteiger partial charge in [-0.2, -0.15) is 0 Å². The molecule has 0 aliphatic heterocycles.